The van der Waals surface area contributed by atoms with Crippen LogP contribution in [0.25, 0.3) is 0 Å². The normalized spacial score (nSPS) is 12.1. The summed E-state index contributed by atoms with van der Waals surface area (Å²) in [5, 5.41) is -0.186. The summed E-state index contributed by atoms with van der Waals surface area (Å²) in [5.74, 6) is -0.917. The third-order valence-electron chi connectivity index (χ3n) is 2.42. The Morgan fingerprint density at radius 1 is 1.32 bits per heavy atom. The first-order valence-corrected chi connectivity index (χ1v) is 8.87. The Balaban J connectivity index is 3.29. The number of hydrogen-bond donors (Lipinski definition) is 0. The van der Waals surface area contributed by atoms with E-state index in [1.165, 1.54) is 16.4 Å². The van der Waals surface area contributed by atoms with Crippen LogP contribution in [0.2, 0.25) is 10.0 Å². The molecule has 0 bridgehead atoms. The molecule has 0 unspecified atom stereocenters. The maximum Gasteiger partial charge on any atom is 0.244 e. The van der Waals surface area contributed by atoms with Gasteiger partial charge in [-0.2, -0.15) is 4.31 Å². The van der Waals surface area contributed by atoms with Gasteiger partial charge in [0.05, 0.1) is 10.0 Å². The SMILES string of the molecule is CCCN(CCBr)S(=O)(=O)c1ccc(Cl)c(F)c1Cl. The van der Waals surface area contributed by atoms with Gasteiger partial charge in [-0.15, -0.1) is 0 Å². The van der Waals surface area contributed by atoms with Crippen LogP contribution in [0.4, 0.5) is 4.39 Å². The van der Waals surface area contributed by atoms with Crippen molar-refractivity contribution in [1.29, 1.82) is 0 Å². The van der Waals surface area contributed by atoms with Crippen molar-refractivity contribution in [2.75, 3.05) is 18.4 Å². The first kappa shape index (κ1) is 17.2. The Bertz CT molecular complexity index is 548. The molecule has 0 aromatic heterocycles. The molecule has 0 aliphatic heterocycles. The van der Waals surface area contributed by atoms with Gasteiger partial charge in [0.2, 0.25) is 10.0 Å². The molecule has 0 amide bonds. The van der Waals surface area contributed by atoms with Crippen LogP contribution in [-0.2, 0) is 10.0 Å². The molecule has 0 radical (unpaired) electrons. The van der Waals surface area contributed by atoms with E-state index in [9.17, 15) is 12.8 Å². The number of hydrogen-bond acceptors (Lipinski definition) is 2. The molecule has 0 aliphatic carbocycles. The van der Waals surface area contributed by atoms with Gasteiger partial charge < -0.3 is 0 Å². The predicted octanol–water partition coefficient (Wildman–Crippen LogP) is 3.93. The van der Waals surface area contributed by atoms with E-state index < -0.39 is 20.9 Å². The fourth-order valence-corrected chi connectivity index (χ4v) is 4.46. The van der Waals surface area contributed by atoms with E-state index in [0.29, 0.717) is 18.3 Å². The Hall–Kier alpha value is 0.120. The Labute approximate surface area is 130 Å². The highest BCUT2D eigenvalue weighted by atomic mass is 79.9. The number of benzene rings is 1. The maximum atomic E-state index is 13.6. The molecule has 0 aliphatic rings. The highest BCUT2D eigenvalue weighted by Crippen LogP contribution is 2.31. The van der Waals surface area contributed by atoms with Crippen LogP contribution in [-0.4, -0.2) is 31.1 Å². The number of halogens is 4. The van der Waals surface area contributed by atoms with Crippen LogP contribution >= 0.6 is 39.1 Å². The first-order valence-electron chi connectivity index (χ1n) is 5.55. The lowest BCUT2D eigenvalue weighted by Crippen LogP contribution is -2.33. The second-order valence-electron chi connectivity index (χ2n) is 3.77. The van der Waals surface area contributed by atoms with Crippen molar-refractivity contribution < 1.29 is 12.8 Å². The lowest BCUT2D eigenvalue weighted by molar-refractivity contribution is 0.430. The molecule has 8 heteroatoms. The van der Waals surface area contributed by atoms with Gasteiger partial charge in [-0.25, -0.2) is 12.8 Å². The summed E-state index contributed by atoms with van der Waals surface area (Å²) in [4.78, 5) is -0.259. The van der Waals surface area contributed by atoms with E-state index in [4.69, 9.17) is 23.2 Å². The van der Waals surface area contributed by atoms with Crippen LogP contribution in [0.15, 0.2) is 17.0 Å². The van der Waals surface area contributed by atoms with E-state index in [1.807, 2.05) is 6.92 Å². The summed E-state index contributed by atoms with van der Waals surface area (Å²) in [6.07, 6.45) is 0.653. The van der Waals surface area contributed by atoms with Gasteiger partial charge in [0.15, 0.2) is 5.82 Å². The molecule has 0 atom stereocenters. The maximum absolute atomic E-state index is 13.6. The second kappa shape index (κ2) is 7.22. The first-order chi connectivity index (χ1) is 8.86. The Kier molecular flexibility index (Phi) is 6.53. The summed E-state index contributed by atoms with van der Waals surface area (Å²) in [6, 6.07) is 2.41. The molecule has 1 aromatic rings. The lowest BCUT2D eigenvalue weighted by Gasteiger charge is -2.21. The lowest BCUT2D eigenvalue weighted by atomic mass is 10.3. The minimum atomic E-state index is -3.82. The van der Waals surface area contributed by atoms with Gasteiger partial charge in [-0.05, 0) is 18.6 Å². The van der Waals surface area contributed by atoms with Crippen molar-refractivity contribution in [2.45, 2.75) is 18.2 Å². The van der Waals surface area contributed by atoms with E-state index in [1.54, 1.807) is 0 Å². The molecule has 0 heterocycles. The van der Waals surface area contributed by atoms with Gasteiger partial charge >= 0.3 is 0 Å². The van der Waals surface area contributed by atoms with Crippen LogP contribution in [0.3, 0.4) is 0 Å². The Morgan fingerprint density at radius 3 is 2.47 bits per heavy atom. The van der Waals surface area contributed by atoms with Gasteiger partial charge in [-0.1, -0.05) is 46.1 Å². The van der Waals surface area contributed by atoms with Crippen molar-refractivity contribution in [3.8, 4) is 0 Å². The standard InChI is InChI=1S/C11H13BrCl2FNO2S/c1-2-6-16(7-5-12)19(17,18)9-4-3-8(13)11(15)10(9)14/h3-4H,2,5-7H2,1H3. The highest BCUT2D eigenvalue weighted by molar-refractivity contribution is 9.09. The Morgan fingerprint density at radius 2 is 1.95 bits per heavy atom. The number of sulfonamides is 1. The minimum absolute atomic E-state index is 0.202. The van der Waals surface area contributed by atoms with Gasteiger partial charge in [0.25, 0.3) is 0 Å². The third kappa shape index (κ3) is 3.82. The quantitative estimate of drug-likeness (QED) is 0.543. The van der Waals surface area contributed by atoms with Crippen LogP contribution in [0.1, 0.15) is 13.3 Å². The zero-order valence-electron chi connectivity index (χ0n) is 10.2. The summed E-state index contributed by atoms with van der Waals surface area (Å²) < 4.78 is 39.7. The molecule has 108 valence electrons. The fraction of sp³-hybridized carbons (Fsp3) is 0.455. The molecule has 3 nitrogen and oxygen atoms in total. The average molecular weight is 393 g/mol. The number of rotatable bonds is 6. The largest absolute Gasteiger partial charge is 0.244 e. The van der Waals surface area contributed by atoms with E-state index in [2.05, 4.69) is 15.9 Å². The zero-order valence-corrected chi connectivity index (χ0v) is 14.1. The summed E-state index contributed by atoms with van der Waals surface area (Å²) in [6.45, 7) is 2.49. The van der Waals surface area contributed by atoms with Crippen molar-refractivity contribution in [1.82, 2.24) is 4.31 Å². The molecular weight excluding hydrogens is 380 g/mol. The predicted molar refractivity (Wildman–Crippen MR) is 79.3 cm³/mol. The third-order valence-corrected chi connectivity index (χ3v) is 5.49. The second-order valence-corrected chi connectivity index (χ2v) is 7.25. The average Bonchev–Trinajstić information content (AvgIpc) is 2.35. The topological polar surface area (TPSA) is 37.4 Å². The van der Waals surface area contributed by atoms with Crippen LogP contribution < -0.4 is 0 Å². The molecule has 0 fully saturated rings. The molecule has 0 saturated carbocycles. The minimum Gasteiger partial charge on any atom is -0.207 e. The van der Waals surface area contributed by atoms with Gasteiger partial charge in [0, 0.05) is 18.4 Å². The van der Waals surface area contributed by atoms with E-state index >= 15 is 0 Å². The fourth-order valence-electron chi connectivity index (χ4n) is 1.54. The molecule has 1 aromatic carbocycles. The molecule has 19 heavy (non-hydrogen) atoms. The summed E-state index contributed by atoms with van der Waals surface area (Å²) in [5.41, 5.74) is 0. The molecule has 0 saturated heterocycles. The summed E-state index contributed by atoms with van der Waals surface area (Å²) in [7, 11) is -3.82. The van der Waals surface area contributed by atoms with E-state index in [0.717, 1.165) is 0 Å². The van der Waals surface area contributed by atoms with Gasteiger partial charge in [-0.3, -0.25) is 0 Å². The molecular formula is C11H13BrCl2FNO2S. The van der Waals surface area contributed by atoms with E-state index in [-0.39, 0.29) is 16.5 Å². The van der Waals surface area contributed by atoms with Gasteiger partial charge in [0.1, 0.15) is 4.90 Å². The molecule has 1 rings (SSSR count). The number of alkyl halides is 1. The van der Waals surface area contributed by atoms with Crippen LogP contribution in [0.5, 0.6) is 0 Å². The van der Waals surface area contributed by atoms with Crippen molar-refractivity contribution in [3.63, 3.8) is 0 Å². The smallest absolute Gasteiger partial charge is 0.207 e. The molecule has 0 spiro atoms. The summed E-state index contributed by atoms with van der Waals surface area (Å²) >= 11 is 14.5. The monoisotopic (exact) mass is 391 g/mol. The number of nitrogens with zero attached hydrogens (tertiary/aromatic N) is 1. The molecule has 0 N–H and O–H groups in total. The highest BCUT2D eigenvalue weighted by Gasteiger charge is 2.27. The zero-order chi connectivity index (χ0) is 14.6. The van der Waals surface area contributed by atoms with Crippen LogP contribution in [0, 0.1) is 5.82 Å². The van der Waals surface area contributed by atoms with Crippen molar-refractivity contribution >= 4 is 49.2 Å². The van der Waals surface area contributed by atoms with Crippen molar-refractivity contribution in [2.24, 2.45) is 0 Å². The van der Waals surface area contributed by atoms with Crippen molar-refractivity contribution in [3.05, 3.63) is 28.0 Å².